The second-order valence-corrected chi connectivity index (χ2v) is 4.32. The molecule has 1 aliphatic heterocycles. The molecule has 80 valence electrons. The van der Waals surface area contributed by atoms with Crippen LogP contribution in [0.25, 0.3) is 0 Å². The molecule has 4 nitrogen and oxygen atoms in total. The van der Waals surface area contributed by atoms with Crippen LogP contribution >= 0.6 is 0 Å². The minimum Gasteiger partial charge on any atom is -0.391 e. The van der Waals surface area contributed by atoms with Gasteiger partial charge in [-0.15, -0.1) is 0 Å². The molecule has 0 spiro atoms. The maximum Gasteiger partial charge on any atom is 0.225 e. The van der Waals surface area contributed by atoms with Gasteiger partial charge in [-0.3, -0.25) is 4.79 Å². The summed E-state index contributed by atoms with van der Waals surface area (Å²) in [4.78, 5) is 11.6. The average Bonchev–Trinajstić information content (AvgIpc) is 2.05. The van der Waals surface area contributed by atoms with Crippen LogP contribution in [0.15, 0.2) is 0 Å². The van der Waals surface area contributed by atoms with Gasteiger partial charge in [-0.25, -0.2) is 0 Å². The lowest BCUT2D eigenvalue weighted by Crippen LogP contribution is -2.55. The van der Waals surface area contributed by atoms with E-state index in [4.69, 9.17) is 0 Å². The van der Waals surface area contributed by atoms with E-state index in [-0.39, 0.29) is 24.0 Å². The molecule has 2 unspecified atom stereocenters. The van der Waals surface area contributed by atoms with Crippen molar-refractivity contribution in [3.05, 3.63) is 0 Å². The molecule has 2 fully saturated rings. The SMILES string of the molecule is O=C(NC1CCCCC1O)C1CNC1. The van der Waals surface area contributed by atoms with Gasteiger partial charge < -0.3 is 15.7 Å². The van der Waals surface area contributed by atoms with Crippen LogP contribution in [0, 0.1) is 5.92 Å². The van der Waals surface area contributed by atoms with E-state index in [9.17, 15) is 9.90 Å². The van der Waals surface area contributed by atoms with E-state index in [1.807, 2.05) is 0 Å². The number of hydrogen-bond donors (Lipinski definition) is 3. The molecule has 0 radical (unpaired) electrons. The number of aliphatic hydroxyl groups is 1. The van der Waals surface area contributed by atoms with Gasteiger partial charge in [0.25, 0.3) is 0 Å². The highest BCUT2D eigenvalue weighted by Gasteiger charge is 2.30. The predicted molar refractivity (Wildman–Crippen MR) is 52.8 cm³/mol. The normalized spacial score (nSPS) is 33.5. The van der Waals surface area contributed by atoms with Gasteiger partial charge >= 0.3 is 0 Å². The minimum absolute atomic E-state index is 0.00292. The Kier molecular flexibility index (Phi) is 3.03. The summed E-state index contributed by atoms with van der Waals surface area (Å²) in [5.41, 5.74) is 0. The largest absolute Gasteiger partial charge is 0.391 e. The van der Waals surface area contributed by atoms with Crippen LogP contribution in [0.4, 0.5) is 0 Å². The molecule has 1 saturated heterocycles. The molecule has 2 aliphatic rings. The van der Waals surface area contributed by atoms with Crippen LogP contribution in [0.3, 0.4) is 0 Å². The molecule has 1 amide bonds. The Morgan fingerprint density at radius 1 is 1.29 bits per heavy atom. The standard InChI is InChI=1S/C10H18N2O2/c13-9-4-2-1-3-8(9)12-10(14)7-5-11-6-7/h7-9,11,13H,1-6H2,(H,12,14). The van der Waals surface area contributed by atoms with Crippen molar-refractivity contribution >= 4 is 5.91 Å². The first-order valence-corrected chi connectivity index (χ1v) is 5.46. The van der Waals surface area contributed by atoms with E-state index in [1.54, 1.807) is 0 Å². The highest BCUT2D eigenvalue weighted by atomic mass is 16.3. The highest BCUT2D eigenvalue weighted by molar-refractivity contribution is 5.80. The van der Waals surface area contributed by atoms with Gasteiger partial charge in [-0.2, -0.15) is 0 Å². The summed E-state index contributed by atoms with van der Waals surface area (Å²) in [6, 6.07) is -0.00292. The van der Waals surface area contributed by atoms with E-state index in [1.165, 1.54) is 0 Å². The van der Waals surface area contributed by atoms with E-state index >= 15 is 0 Å². The van der Waals surface area contributed by atoms with Crippen molar-refractivity contribution in [2.45, 2.75) is 37.8 Å². The molecule has 1 aliphatic carbocycles. The Labute approximate surface area is 84.1 Å². The number of nitrogens with one attached hydrogen (secondary N) is 2. The third-order valence-electron chi connectivity index (χ3n) is 3.21. The number of hydrogen-bond acceptors (Lipinski definition) is 3. The van der Waals surface area contributed by atoms with Crippen molar-refractivity contribution in [1.82, 2.24) is 10.6 Å². The number of amides is 1. The monoisotopic (exact) mass is 198 g/mol. The number of carbonyl (C=O) groups excluding carboxylic acids is 1. The summed E-state index contributed by atoms with van der Waals surface area (Å²) in [6.07, 6.45) is 3.62. The van der Waals surface area contributed by atoms with Crippen LogP contribution in [0.5, 0.6) is 0 Å². The third kappa shape index (κ3) is 2.07. The van der Waals surface area contributed by atoms with E-state index in [0.29, 0.717) is 0 Å². The fourth-order valence-electron chi connectivity index (χ4n) is 2.05. The summed E-state index contributed by atoms with van der Waals surface area (Å²) < 4.78 is 0. The van der Waals surface area contributed by atoms with Crippen LogP contribution in [-0.2, 0) is 4.79 Å². The number of aliphatic hydroxyl groups excluding tert-OH is 1. The molecule has 1 heterocycles. The second kappa shape index (κ2) is 4.28. The van der Waals surface area contributed by atoms with Crippen LogP contribution < -0.4 is 10.6 Å². The lowest BCUT2D eigenvalue weighted by atomic mass is 9.91. The van der Waals surface area contributed by atoms with Gasteiger partial charge in [0.1, 0.15) is 0 Å². The molecular formula is C10H18N2O2. The quantitative estimate of drug-likeness (QED) is 0.567. The van der Waals surface area contributed by atoms with Crippen molar-refractivity contribution in [1.29, 1.82) is 0 Å². The first kappa shape index (κ1) is 9.93. The molecule has 1 saturated carbocycles. The summed E-state index contributed by atoms with van der Waals surface area (Å²) in [5, 5.41) is 15.7. The lowest BCUT2D eigenvalue weighted by molar-refractivity contribution is -0.128. The van der Waals surface area contributed by atoms with Crippen molar-refractivity contribution in [3.8, 4) is 0 Å². The molecule has 3 N–H and O–H groups in total. The molecular weight excluding hydrogens is 180 g/mol. The van der Waals surface area contributed by atoms with E-state index in [0.717, 1.165) is 38.8 Å². The highest BCUT2D eigenvalue weighted by Crippen LogP contribution is 2.18. The van der Waals surface area contributed by atoms with Crippen molar-refractivity contribution in [3.63, 3.8) is 0 Å². The van der Waals surface area contributed by atoms with Crippen molar-refractivity contribution in [2.75, 3.05) is 13.1 Å². The van der Waals surface area contributed by atoms with Gasteiger partial charge in [0, 0.05) is 13.1 Å². The van der Waals surface area contributed by atoms with Gasteiger partial charge in [0.05, 0.1) is 18.1 Å². The summed E-state index contributed by atoms with van der Waals surface area (Å²) in [5.74, 6) is 0.235. The molecule has 14 heavy (non-hydrogen) atoms. The predicted octanol–water partition coefficient (Wildman–Crippen LogP) is -0.375. The summed E-state index contributed by atoms with van der Waals surface area (Å²) in [7, 11) is 0. The smallest absolute Gasteiger partial charge is 0.225 e. The molecule has 0 aromatic heterocycles. The Hall–Kier alpha value is -0.610. The molecule has 0 aromatic carbocycles. The molecule has 0 aromatic rings. The minimum atomic E-state index is -0.333. The zero-order valence-corrected chi connectivity index (χ0v) is 8.33. The first-order chi connectivity index (χ1) is 6.77. The Bertz CT molecular complexity index is 216. The van der Waals surface area contributed by atoms with E-state index in [2.05, 4.69) is 10.6 Å². The average molecular weight is 198 g/mol. The topological polar surface area (TPSA) is 61.4 Å². The van der Waals surface area contributed by atoms with Gasteiger partial charge in [-0.05, 0) is 12.8 Å². The molecule has 0 bridgehead atoms. The fraction of sp³-hybridized carbons (Fsp3) is 0.900. The second-order valence-electron chi connectivity index (χ2n) is 4.32. The Balaban J connectivity index is 1.79. The summed E-state index contributed by atoms with van der Waals surface area (Å²) >= 11 is 0. The maximum atomic E-state index is 11.6. The zero-order valence-electron chi connectivity index (χ0n) is 8.33. The summed E-state index contributed by atoms with van der Waals surface area (Å²) in [6.45, 7) is 1.57. The number of carbonyl (C=O) groups is 1. The molecule has 2 rings (SSSR count). The third-order valence-corrected chi connectivity index (χ3v) is 3.21. The van der Waals surface area contributed by atoms with Crippen molar-refractivity contribution in [2.24, 2.45) is 5.92 Å². The van der Waals surface area contributed by atoms with Gasteiger partial charge in [0.15, 0.2) is 0 Å². The fourth-order valence-corrected chi connectivity index (χ4v) is 2.05. The number of rotatable bonds is 2. The Morgan fingerprint density at radius 2 is 2.00 bits per heavy atom. The van der Waals surface area contributed by atoms with E-state index < -0.39 is 0 Å². The molecule has 4 heteroatoms. The van der Waals surface area contributed by atoms with Crippen LogP contribution in [0.2, 0.25) is 0 Å². The Morgan fingerprint density at radius 3 is 2.57 bits per heavy atom. The van der Waals surface area contributed by atoms with Crippen LogP contribution in [-0.4, -0.2) is 36.2 Å². The van der Waals surface area contributed by atoms with Crippen molar-refractivity contribution < 1.29 is 9.90 Å². The molecule has 2 atom stereocenters. The maximum absolute atomic E-state index is 11.6. The lowest BCUT2D eigenvalue weighted by Gasteiger charge is -2.32. The van der Waals surface area contributed by atoms with Gasteiger partial charge in [0.2, 0.25) is 5.91 Å². The first-order valence-electron chi connectivity index (χ1n) is 5.46. The zero-order chi connectivity index (χ0) is 9.97. The van der Waals surface area contributed by atoms with Gasteiger partial charge in [-0.1, -0.05) is 12.8 Å². The van der Waals surface area contributed by atoms with Crippen LogP contribution in [0.1, 0.15) is 25.7 Å².